The van der Waals surface area contributed by atoms with E-state index in [0.717, 1.165) is 48.9 Å². The Hall–Kier alpha value is -3.74. The first kappa shape index (κ1) is 37.0. The summed E-state index contributed by atoms with van der Waals surface area (Å²) < 4.78 is 29.0. The van der Waals surface area contributed by atoms with E-state index < -0.39 is 44.3 Å². The molecule has 1 aromatic heterocycles. The fourth-order valence-electron chi connectivity index (χ4n) is 7.30. The van der Waals surface area contributed by atoms with Crippen LogP contribution in [-0.2, 0) is 31.0 Å². The van der Waals surface area contributed by atoms with Gasteiger partial charge in [-0.2, -0.15) is 0 Å². The number of nitrogens with one attached hydrogen (secondary N) is 2. The predicted molar refractivity (Wildman–Crippen MR) is 197 cm³/mol. The molecular formula is C38H48ClN5O6S. The van der Waals surface area contributed by atoms with E-state index in [4.69, 9.17) is 11.6 Å². The van der Waals surface area contributed by atoms with Gasteiger partial charge in [-0.25, -0.2) is 13.4 Å². The molecule has 0 unspecified atom stereocenters. The van der Waals surface area contributed by atoms with Gasteiger partial charge in [-0.1, -0.05) is 55.3 Å². The summed E-state index contributed by atoms with van der Waals surface area (Å²) in [6, 6.07) is 16.0. The van der Waals surface area contributed by atoms with E-state index >= 15 is 0 Å². The second kappa shape index (κ2) is 15.1. The number of Topliss-reactive ketones (excluding diaryl/α,β-unsaturated/α-hetero) is 1. The van der Waals surface area contributed by atoms with Gasteiger partial charge in [-0.15, -0.1) is 0 Å². The third kappa shape index (κ3) is 8.03. The highest BCUT2D eigenvalue weighted by atomic mass is 35.5. The molecule has 2 aliphatic carbocycles. The number of rotatable bonds is 6. The van der Waals surface area contributed by atoms with Crippen molar-refractivity contribution in [1.82, 2.24) is 19.2 Å². The Bertz CT molecular complexity index is 1890. The molecule has 3 N–H and O–H groups in total. The van der Waals surface area contributed by atoms with Crippen LogP contribution in [0.5, 0.6) is 0 Å². The van der Waals surface area contributed by atoms with E-state index in [-0.39, 0.29) is 37.0 Å². The number of aliphatic hydroxyl groups is 1. The lowest BCUT2D eigenvalue weighted by molar-refractivity contribution is -0.139. The summed E-state index contributed by atoms with van der Waals surface area (Å²) in [5, 5.41) is 14.4. The van der Waals surface area contributed by atoms with Crippen molar-refractivity contribution in [2.24, 2.45) is 11.3 Å². The zero-order chi connectivity index (χ0) is 36.4. The number of hydrogen-bond acceptors (Lipinski definition) is 8. The monoisotopic (exact) mass is 737 g/mol. The molecule has 51 heavy (non-hydrogen) atoms. The van der Waals surface area contributed by atoms with Crippen LogP contribution in [-0.4, -0.2) is 75.1 Å². The zero-order valence-electron chi connectivity index (χ0n) is 29.3. The minimum Gasteiger partial charge on any atom is -0.391 e. The number of anilines is 1. The molecule has 3 fully saturated rings. The van der Waals surface area contributed by atoms with Gasteiger partial charge in [-0.05, 0) is 94.2 Å². The van der Waals surface area contributed by atoms with Crippen LogP contribution in [0.25, 0.3) is 11.0 Å². The van der Waals surface area contributed by atoms with Gasteiger partial charge in [0.1, 0.15) is 6.04 Å². The number of benzene rings is 2. The molecule has 13 heteroatoms. The normalized spacial score (nSPS) is 28.3. The maximum Gasteiger partial charge on any atom is 0.245 e. The second-order valence-electron chi connectivity index (χ2n) is 14.6. The smallest absolute Gasteiger partial charge is 0.245 e. The van der Waals surface area contributed by atoms with E-state index in [2.05, 4.69) is 21.9 Å². The molecule has 5 atom stereocenters. The van der Waals surface area contributed by atoms with Crippen molar-refractivity contribution < 1.29 is 27.9 Å². The molecule has 2 amide bonds. The first-order chi connectivity index (χ1) is 24.4. The maximum atomic E-state index is 13.8. The molecule has 3 heterocycles. The van der Waals surface area contributed by atoms with Crippen molar-refractivity contribution in [2.45, 2.75) is 108 Å². The molecule has 274 valence electrons. The molecule has 4 aliphatic rings. The molecule has 1 saturated heterocycles. The number of fused-ring (bicyclic) bond motifs is 3. The van der Waals surface area contributed by atoms with E-state index in [1.54, 1.807) is 6.92 Å². The summed E-state index contributed by atoms with van der Waals surface area (Å²) in [5.74, 6) is -1.43. The van der Waals surface area contributed by atoms with Gasteiger partial charge in [0.2, 0.25) is 27.1 Å². The third-order valence-corrected chi connectivity index (χ3v) is 13.4. The lowest BCUT2D eigenvalue weighted by Gasteiger charge is -2.30. The van der Waals surface area contributed by atoms with Gasteiger partial charge >= 0.3 is 0 Å². The molecule has 2 aromatic carbocycles. The number of allylic oxidation sites excluding steroid dienone is 2. The molecule has 3 aromatic rings. The Kier molecular flexibility index (Phi) is 11.0. The van der Waals surface area contributed by atoms with Crippen LogP contribution in [0.15, 0.2) is 66.7 Å². The molecule has 2 saturated carbocycles. The molecule has 0 bridgehead atoms. The Morgan fingerprint density at radius 1 is 1.06 bits per heavy atom. The topological polar surface area (TPSA) is 151 Å². The maximum absolute atomic E-state index is 13.8. The number of sulfonamides is 1. The van der Waals surface area contributed by atoms with Gasteiger partial charge in [0, 0.05) is 31.6 Å². The van der Waals surface area contributed by atoms with Crippen molar-refractivity contribution in [1.29, 1.82) is 0 Å². The molecule has 0 spiro atoms. The van der Waals surface area contributed by atoms with E-state index in [9.17, 15) is 27.9 Å². The highest BCUT2D eigenvalue weighted by Crippen LogP contribution is 2.57. The van der Waals surface area contributed by atoms with Crippen LogP contribution in [0.2, 0.25) is 5.28 Å². The average Bonchev–Trinajstić information content (AvgIpc) is 3.95. The number of carbonyl (C=O) groups excluding carboxylic acids is 3. The van der Waals surface area contributed by atoms with Crippen LogP contribution in [0, 0.1) is 11.3 Å². The van der Waals surface area contributed by atoms with Gasteiger partial charge < -0.3 is 19.9 Å². The Labute approximate surface area is 304 Å². The number of para-hydroxylation sites is 3. The van der Waals surface area contributed by atoms with Crippen LogP contribution in [0.3, 0.4) is 0 Å². The highest BCUT2D eigenvalue weighted by molar-refractivity contribution is 7.91. The second-order valence-corrected chi connectivity index (χ2v) is 17.2. The number of amides is 2. The number of halogens is 1. The lowest BCUT2D eigenvalue weighted by Crippen LogP contribution is -2.49. The first-order valence-electron chi connectivity index (χ1n) is 18.0. The minimum atomic E-state index is -3.85. The lowest BCUT2D eigenvalue weighted by atomic mass is 9.91. The molecule has 2 aliphatic heterocycles. The number of nitrogens with zero attached hydrogens (tertiary/aromatic N) is 3. The number of aryl methyl sites for hydroxylation is 1. The standard InChI is InChI=1S/C29H39N3O6S.C9H9ClN2/c1-28(14-15-28)39(37,38)31-27(36)29-17-20(29)10-6-3-2-4-9-13-23(30-21-11-7-5-8-12-21)26(35)32-19-22(33)16-24(32)25(34)18-29;1-2-12-8-6-4-3-5-7(8)11-9(12)10/h5-8,10-12,20,22-24,30,33H,2-4,9,13-19H2,1H3,(H,31,36);3-6H,2H2,1H3/b10-6-;/t20-,22-,23+,24+,29-;/m1./s1. The quantitative estimate of drug-likeness (QED) is 0.276. The number of ketones is 1. The van der Waals surface area contributed by atoms with Crippen molar-refractivity contribution in [2.75, 3.05) is 11.9 Å². The average molecular weight is 738 g/mol. The number of imidazole rings is 1. The summed E-state index contributed by atoms with van der Waals surface area (Å²) in [7, 11) is -3.85. The zero-order valence-corrected chi connectivity index (χ0v) is 30.8. The van der Waals surface area contributed by atoms with E-state index in [1.807, 2.05) is 71.3 Å². The van der Waals surface area contributed by atoms with Crippen LogP contribution in [0.4, 0.5) is 5.69 Å². The van der Waals surface area contributed by atoms with Crippen LogP contribution >= 0.6 is 11.6 Å². The number of hydrogen-bond donors (Lipinski definition) is 3. The fourth-order valence-corrected chi connectivity index (χ4v) is 8.94. The largest absolute Gasteiger partial charge is 0.391 e. The molecule has 11 nitrogen and oxygen atoms in total. The Morgan fingerprint density at radius 2 is 1.78 bits per heavy atom. The number of aliphatic hydroxyl groups excluding tert-OH is 1. The molecule has 0 radical (unpaired) electrons. The summed E-state index contributed by atoms with van der Waals surface area (Å²) in [4.78, 5) is 46.7. The molecular weight excluding hydrogens is 690 g/mol. The van der Waals surface area contributed by atoms with Crippen molar-refractivity contribution in [3.8, 4) is 0 Å². The van der Waals surface area contributed by atoms with Crippen molar-refractivity contribution in [3.05, 3.63) is 72.0 Å². The van der Waals surface area contributed by atoms with Crippen molar-refractivity contribution in [3.63, 3.8) is 0 Å². The van der Waals surface area contributed by atoms with Gasteiger partial charge in [0.05, 0.1) is 33.3 Å². The number of aromatic nitrogens is 2. The Morgan fingerprint density at radius 3 is 2.51 bits per heavy atom. The van der Waals surface area contributed by atoms with Gasteiger partial charge in [0.25, 0.3) is 0 Å². The summed E-state index contributed by atoms with van der Waals surface area (Å²) in [5.41, 5.74) is 1.71. The van der Waals surface area contributed by atoms with Crippen LogP contribution in [0.1, 0.15) is 78.1 Å². The SMILES string of the molecule is CC1(S(=O)(=O)NC(=O)[C@]23CC(=O)[C@@H]4C[C@@H](O)CN4C(=O)[C@@H](Nc4ccccc4)CCCCC/C=C\[C@@H]2C3)CC1.CCn1c(Cl)nc2ccccc21. The van der Waals surface area contributed by atoms with E-state index in [1.165, 1.54) is 4.90 Å². The highest BCUT2D eigenvalue weighted by Gasteiger charge is 2.62. The molecule has 7 rings (SSSR count). The number of carbonyl (C=O) groups is 3. The third-order valence-electron chi connectivity index (χ3n) is 10.9. The Balaban J connectivity index is 0.000000313. The first-order valence-corrected chi connectivity index (χ1v) is 19.9. The summed E-state index contributed by atoms with van der Waals surface area (Å²) >= 11 is 5.92. The van der Waals surface area contributed by atoms with Gasteiger partial charge in [0.15, 0.2) is 5.78 Å². The fraction of sp³-hybridized carbons (Fsp3) is 0.526. The predicted octanol–water partition coefficient (Wildman–Crippen LogP) is 5.62. The summed E-state index contributed by atoms with van der Waals surface area (Å²) in [6.07, 6.45) is 8.53. The van der Waals surface area contributed by atoms with Gasteiger partial charge in [-0.3, -0.25) is 19.1 Å². The summed E-state index contributed by atoms with van der Waals surface area (Å²) in [6.45, 7) is 4.59. The van der Waals surface area contributed by atoms with E-state index in [0.29, 0.717) is 31.0 Å². The minimum absolute atomic E-state index is 0.0530. The van der Waals surface area contributed by atoms with Crippen LogP contribution < -0.4 is 10.0 Å². The van der Waals surface area contributed by atoms with Crippen molar-refractivity contribution >= 4 is 55.9 Å².